The molecule has 0 aliphatic heterocycles. The Labute approximate surface area is 131 Å². The van der Waals surface area contributed by atoms with Crippen molar-refractivity contribution < 1.29 is 13.2 Å². The van der Waals surface area contributed by atoms with Crippen molar-refractivity contribution in [1.29, 1.82) is 0 Å². The number of thiazole rings is 1. The van der Waals surface area contributed by atoms with Gasteiger partial charge in [-0.15, -0.1) is 22.7 Å². The lowest BCUT2D eigenvalue weighted by Gasteiger charge is -2.06. The van der Waals surface area contributed by atoms with Crippen LogP contribution in [-0.2, 0) is 21.2 Å². The van der Waals surface area contributed by atoms with Crippen LogP contribution in [0.15, 0.2) is 27.1 Å². The summed E-state index contributed by atoms with van der Waals surface area (Å²) >= 11 is 2.67. The summed E-state index contributed by atoms with van der Waals surface area (Å²) < 4.78 is 26.1. The van der Waals surface area contributed by atoms with Gasteiger partial charge in [-0.2, -0.15) is 0 Å². The van der Waals surface area contributed by atoms with E-state index in [2.05, 4.69) is 15.0 Å². The quantitative estimate of drug-likeness (QED) is 0.788. The van der Waals surface area contributed by atoms with Crippen LogP contribution in [0.1, 0.15) is 10.7 Å². The second kappa shape index (κ2) is 7.12. The summed E-state index contributed by atoms with van der Waals surface area (Å²) in [4.78, 5) is 15.9. The Morgan fingerprint density at radius 1 is 1.38 bits per heavy atom. The summed E-state index contributed by atoms with van der Waals surface area (Å²) in [6.45, 7) is 2.09. The van der Waals surface area contributed by atoms with E-state index in [9.17, 15) is 13.2 Å². The van der Waals surface area contributed by atoms with E-state index in [1.165, 1.54) is 6.07 Å². The average molecular weight is 345 g/mol. The number of amides is 1. The number of nitrogens with one attached hydrogen (secondary N) is 2. The van der Waals surface area contributed by atoms with Crippen LogP contribution in [0.25, 0.3) is 0 Å². The van der Waals surface area contributed by atoms with E-state index in [0.29, 0.717) is 13.0 Å². The van der Waals surface area contributed by atoms with Crippen molar-refractivity contribution in [2.45, 2.75) is 17.6 Å². The first-order chi connectivity index (χ1) is 9.97. The third-order valence-corrected chi connectivity index (χ3v) is 6.17. The van der Waals surface area contributed by atoms with E-state index in [4.69, 9.17) is 0 Å². The number of hydrogen-bond acceptors (Lipinski definition) is 6. The minimum Gasteiger partial charge on any atom is -0.355 e. The summed E-state index contributed by atoms with van der Waals surface area (Å²) in [7, 11) is -3.59. The molecule has 0 aliphatic rings. The zero-order valence-electron chi connectivity index (χ0n) is 11.3. The van der Waals surface area contributed by atoms with Gasteiger partial charge in [0.2, 0.25) is 5.91 Å². The molecule has 2 aromatic rings. The largest absolute Gasteiger partial charge is 0.355 e. The summed E-state index contributed by atoms with van der Waals surface area (Å²) in [6.07, 6.45) is 0.633. The van der Waals surface area contributed by atoms with Gasteiger partial charge in [-0.1, -0.05) is 6.07 Å². The van der Waals surface area contributed by atoms with E-state index in [1.807, 2.05) is 12.3 Å². The first-order valence-corrected chi connectivity index (χ1v) is 9.42. The van der Waals surface area contributed by atoms with Crippen molar-refractivity contribution in [3.63, 3.8) is 0 Å². The van der Waals surface area contributed by atoms with E-state index in [0.717, 1.165) is 22.0 Å². The molecular formula is C12H15N3O3S3. The molecule has 114 valence electrons. The van der Waals surface area contributed by atoms with Crippen LogP contribution in [-0.4, -0.2) is 32.4 Å². The molecule has 2 N–H and O–H groups in total. The molecule has 0 atom stereocenters. The molecule has 0 radical (unpaired) electrons. The monoisotopic (exact) mass is 345 g/mol. The van der Waals surface area contributed by atoms with Crippen molar-refractivity contribution >= 4 is 38.6 Å². The highest BCUT2D eigenvalue weighted by Crippen LogP contribution is 2.14. The van der Waals surface area contributed by atoms with Gasteiger partial charge in [-0.25, -0.2) is 18.1 Å². The standard InChI is InChI=1S/C12H15N3O3S3/c1-9-15-10(8-20-9)4-5-13-11(16)7-14-21(17,18)12-3-2-6-19-12/h2-3,6,8,14H,4-5,7H2,1H3,(H,13,16). The van der Waals surface area contributed by atoms with Gasteiger partial charge in [0.1, 0.15) is 4.21 Å². The predicted molar refractivity (Wildman–Crippen MR) is 83.1 cm³/mol. The first kappa shape index (κ1) is 16.1. The molecule has 0 saturated heterocycles. The summed E-state index contributed by atoms with van der Waals surface area (Å²) in [6, 6.07) is 3.14. The Morgan fingerprint density at radius 3 is 2.81 bits per heavy atom. The molecule has 0 spiro atoms. The van der Waals surface area contributed by atoms with Crippen LogP contribution < -0.4 is 10.0 Å². The molecule has 21 heavy (non-hydrogen) atoms. The van der Waals surface area contributed by atoms with Gasteiger partial charge in [0.25, 0.3) is 10.0 Å². The number of carbonyl (C=O) groups excluding carboxylic acids is 1. The van der Waals surface area contributed by atoms with Gasteiger partial charge < -0.3 is 5.32 Å². The maximum Gasteiger partial charge on any atom is 0.250 e. The average Bonchev–Trinajstić information content (AvgIpc) is 3.08. The van der Waals surface area contributed by atoms with Crippen molar-refractivity contribution in [3.8, 4) is 0 Å². The molecule has 0 aromatic carbocycles. The highest BCUT2D eigenvalue weighted by molar-refractivity contribution is 7.91. The van der Waals surface area contributed by atoms with Crippen LogP contribution in [0.3, 0.4) is 0 Å². The lowest BCUT2D eigenvalue weighted by Crippen LogP contribution is -2.37. The molecule has 0 aliphatic carbocycles. The van der Waals surface area contributed by atoms with Crippen LogP contribution in [0.4, 0.5) is 0 Å². The molecular weight excluding hydrogens is 330 g/mol. The van der Waals surface area contributed by atoms with Crippen molar-refractivity contribution in [3.05, 3.63) is 33.6 Å². The molecule has 6 nitrogen and oxygen atoms in total. The highest BCUT2D eigenvalue weighted by atomic mass is 32.2. The number of carbonyl (C=O) groups is 1. The highest BCUT2D eigenvalue weighted by Gasteiger charge is 2.16. The maximum absolute atomic E-state index is 11.8. The zero-order valence-corrected chi connectivity index (χ0v) is 13.8. The lowest BCUT2D eigenvalue weighted by molar-refractivity contribution is -0.119. The molecule has 0 unspecified atom stereocenters. The SMILES string of the molecule is Cc1nc(CCNC(=O)CNS(=O)(=O)c2cccs2)cs1. The van der Waals surface area contributed by atoms with Crippen LogP contribution in [0.5, 0.6) is 0 Å². The normalized spacial score (nSPS) is 11.5. The van der Waals surface area contributed by atoms with E-state index in [-0.39, 0.29) is 16.7 Å². The lowest BCUT2D eigenvalue weighted by atomic mass is 10.3. The first-order valence-electron chi connectivity index (χ1n) is 6.18. The molecule has 9 heteroatoms. The van der Waals surface area contributed by atoms with Crippen LogP contribution in [0, 0.1) is 6.92 Å². The Bertz CT molecular complexity index is 692. The topological polar surface area (TPSA) is 88.2 Å². The maximum atomic E-state index is 11.8. The second-order valence-corrected chi connectivity index (χ2v) is 8.22. The number of aryl methyl sites for hydroxylation is 1. The smallest absolute Gasteiger partial charge is 0.250 e. The Morgan fingerprint density at radius 2 is 2.19 bits per heavy atom. The minimum atomic E-state index is -3.59. The fourth-order valence-corrected chi connectivity index (χ4v) is 4.23. The fraction of sp³-hybridized carbons (Fsp3) is 0.333. The Balaban J connectivity index is 1.73. The van der Waals surface area contributed by atoms with Crippen LogP contribution in [0.2, 0.25) is 0 Å². The van der Waals surface area contributed by atoms with Gasteiger partial charge >= 0.3 is 0 Å². The number of aromatic nitrogens is 1. The summed E-state index contributed by atoms with van der Waals surface area (Å²) in [5.74, 6) is -0.359. The molecule has 0 saturated carbocycles. The summed E-state index contributed by atoms with van der Waals surface area (Å²) in [5.41, 5.74) is 0.928. The molecule has 0 fully saturated rings. The molecule has 2 rings (SSSR count). The number of nitrogens with zero attached hydrogens (tertiary/aromatic N) is 1. The van der Waals surface area contributed by atoms with Gasteiger partial charge in [0.15, 0.2) is 0 Å². The Hall–Kier alpha value is -1.29. The van der Waals surface area contributed by atoms with Gasteiger partial charge in [-0.3, -0.25) is 4.79 Å². The summed E-state index contributed by atoms with van der Waals surface area (Å²) in [5, 5.41) is 7.26. The van der Waals surface area contributed by atoms with E-state index in [1.54, 1.807) is 22.8 Å². The van der Waals surface area contributed by atoms with Crippen molar-refractivity contribution in [2.24, 2.45) is 0 Å². The Kier molecular flexibility index (Phi) is 5.45. The van der Waals surface area contributed by atoms with E-state index >= 15 is 0 Å². The van der Waals surface area contributed by atoms with Gasteiger partial charge in [0.05, 0.1) is 17.2 Å². The number of thiophene rings is 1. The predicted octanol–water partition coefficient (Wildman–Crippen LogP) is 1.15. The number of rotatable bonds is 7. The number of sulfonamides is 1. The van der Waals surface area contributed by atoms with Gasteiger partial charge in [0, 0.05) is 18.3 Å². The van der Waals surface area contributed by atoms with Crippen molar-refractivity contribution in [1.82, 2.24) is 15.0 Å². The van der Waals surface area contributed by atoms with Gasteiger partial charge in [-0.05, 0) is 18.4 Å². The van der Waals surface area contributed by atoms with Crippen molar-refractivity contribution in [2.75, 3.05) is 13.1 Å². The molecule has 2 heterocycles. The minimum absolute atomic E-state index is 0.202. The molecule has 0 bridgehead atoms. The zero-order chi connectivity index (χ0) is 15.3. The third kappa shape index (κ3) is 4.88. The van der Waals surface area contributed by atoms with E-state index < -0.39 is 10.0 Å². The van der Waals surface area contributed by atoms with Crippen LogP contribution >= 0.6 is 22.7 Å². The number of hydrogen-bond donors (Lipinski definition) is 2. The molecule has 2 aromatic heterocycles. The fourth-order valence-electron chi connectivity index (χ4n) is 1.56. The second-order valence-electron chi connectivity index (χ2n) is 4.21. The molecule has 1 amide bonds. The third-order valence-electron chi connectivity index (χ3n) is 2.55.